The average Bonchev–Trinajstić information content (AvgIpc) is 3.31. The Bertz CT molecular complexity index is 1140. The molecule has 2 aromatic carbocycles. The van der Waals surface area contributed by atoms with Crippen LogP contribution in [0.3, 0.4) is 0 Å². The van der Waals surface area contributed by atoms with Gasteiger partial charge in [0.15, 0.2) is 0 Å². The Balaban J connectivity index is 1.44. The molecule has 1 saturated heterocycles. The Kier molecular flexibility index (Phi) is 5.78. The van der Waals surface area contributed by atoms with E-state index < -0.39 is 11.7 Å². The van der Waals surface area contributed by atoms with Crippen molar-refractivity contribution in [2.24, 2.45) is 0 Å². The van der Waals surface area contributed by atoms with Crippen LogP contribution in [-0.4, -0.2) is 27.6 Å². The van der Waals surface area contributed by atoms with E-state index in [0.29, 0.717) is 22.1 Å². The highest BCUT2D eigenvalue weighted by Crippen LogP contribution is 2.33. The normalized spacial score (nSPS) is 15.1. The maximum atomic E-state index is 13.0. The van der Waals surface area contributed by atoms with Gasteiger partial charge in [0.1, 0.15) is 28.2 Å². The van der Waals surface area contributed by atoms with Crippen molar-refractivity contribution in [2.45, 2.75) is 0 Å². The first kappa shape index (κ1) is 20.1. The zero-order valence-corrected chi connectivity index (χ0v) is 17.1. The number of hydrogen-bond donors (Lipinski definition) is 1. The van der Waals surface area contributed by atoms with Crippen molar-refractivity contribution in [2.75, 3.05) is 11.9 Å². The molecule has 3 aromatic rings. The number of thioether (sulfide) groups is 1. The van der Waals surface area contributed by atoms with Gasteiger partial charge in [-0.2, -0.15) is 0 Å². The number of halogens is 1. The summed E-state index contributed by atoms with van der Waals surface area (Å²) in [7, 11) is 0. The Labute approximate surface area is 181 Å². The molecule has 150 valence electrons. The molecule has 1 aliphatic rings. The molecule has 1 aromatic heterocycles. The van der Waals surface area contributed by atoms with E-state index >= 15 is 0 Å². The number of hydrogen-bond acceptors (Lipinski definition) is 5. The number of benzene rings is 2. The smallest absolute Gasteiger partial charge is 0.266 e. The lowest BCUT2D eigenvalue weighted by Gasteiger charge is -2.14. The van der Waals surface area contributed by atoms with Crippen LogP contribution in [0.4, 0.5) is 10.1 Å². The SMILES string of the molecule is O=C(CN1C(=O)/C(=C/c2ccc(-c3ccccc3)o2)SC1=S)Nc1ccc(F)cc1. The number of amides is 2. The quantitative estimate of drug-likeness (QED) is 0.452. The van der Waals surface area contributed by atoms with E-state index in [9.17, 15) is 14.0 Å². The molecule has 0 radical (unpaired) electrons. The van der Waals surface area contributed by atoms with Gasteiger partial charge in [0.05, 0.1) is 4.91 Å². The molecule has 1 fully saturated rings. The third-order valence-corrected chi connectivity index (χ3v) is 5.64. The summed E-state index contributed by atoms with van der Waals surface area (Å²) in [5.74, 6) is 0.0185. The standard InChI is InChI=1S/C22H15FN2O3S2/c23-15-6-8-16(9-7-15)24-20(26)13-25-21(27)19(30-22(25)29)12-17-10-11-18(28-17)14-4-2-1-3-5-14/h1-12H,13H2,(H,24,26)/b19-12-. The lowest BCUT2D eigenvalue weighted by atomic mass is 10.2. The van der Waals surface area contributed by atoms with E-state index in [1.807, 2.05) is 36.4 Å². The first-order chi connectivity index (χ1) is 14.5. The van der Waals surface area contributed by atoms with Gasteiger partial charge in [0.25, 0.3) is 5.91 Å². The summed E-state index contributed by atoms with van der Waals surface area (Å²) in [4.78, 5) is 26.6. The summed E-state index contributed by atoms with van der Waals surface area (Å²) in [6.45, 7) is -0.229. The molecule has 2 heterocycles. The van der Waals surface area contributed by atoms with Gasteiger partial charge in [-0.25, -0.2) is 4.39 Å². The molecule has 8 heteroatoms. The first-order valence-corrected chi connectivity index (χ1v) is 10.2. The fraction of sp³-hybridized carbons (Fsp3) is 0.0455. The van der Waals surface area contributed by atoms with Crippen molar-refractivity contribution in [3.8, 4) is 11.3 Å². The molecule has 2 amide bonds. The lowest BCUT2D eigenvalue weighted by Crippen LogP contribution is -2.36. The minimum atomic E-state index is -0.427. The van der Waals surface area contributed by atoms with Crippen molar-refractivity contribution < 1.29 is 18.4 Å². The van der Waals surface area contributed by atoms with Crippen LogP contribution in [0.15, 0.2) is 76.1 Å². The van der Waals surface area contributed by atoms with Crippen LogP contribution in [-0.2, 0) is 9.59 Å². The summed E-state index contributed by atoms with van der Waals surface area (Å²) < 4.78 is 19.1. The van der Waals surface area contributed by atoms with Crippen molar-refractivity contribution >= 4 is 51.9 Å². The predicted molar refractivity (Wildman–Crippen MR) is 119 cm³/mol. The summed E-state index contributed by atoms with van der Waals surface area (Å²) >= 11 is 6.37. The molecule has 5 nitrogen and oxygen atoms in total. The third kappa shape index (κ3) is 4.50. The van der Waals surface area contributed by atoms with Gasteiger partial charge >= 0.3 is 0 Å². The molecule has 0 bridgehead atoms. The molecule has 1 N–H and O–H groups in total. The monoisotopic (exact) mass is 438 g/mol. The molecule has 4 rings (SSSR count). The van der Waals surface area contributed by atoms with Crippen LogP contribution in [0, 0.1) is 5.82 Å². The second kappa shape index (κ2) is 8.64. The number of anilines is 1. The van der Waals surface area contributed by atoms with Crippen LogP contribution in [0.2, 0.25) is 0 Å². The van der Waals surface area contributed by atoms with Crippen LogP contribution < -0.4 is 5.32 Å². The molecule has 0 unspecified atom stereocenters. The highest BCUT2D eigenvalue weighted by molar-refractivity contribution is 8.26. The van der Waals surface area contributed by atoms with E-state index in [1.165, 1.54) is 29.2 Å². The molecule has 0 aliphatic carbocycles. The minimum absolute atomic E-state index is 0.229. The van der Waals surface area contributed by atoms with Crippen molar-refractivity contribution in [3.05, 3.63) is 83.2 Å². The molecule has 0 saturated carbocycles. The second-order valence-electron chi connectivity index (χ2n) is 6.39. The van der Waals surface area contributed by atoms with Crippen molar-refractivity contribution in [3.63, 3.8) is 0 Å². The Morgan fingerprint density at radius 1 is 1.10 bits per heavy atom. The number of furan rings is 1. The molecular formula is C22H15FN2O3S2. The Morgan fingerprint density at radius 2 is 1.83 bits per heavy atom. The number of nitrogens with one attached hydrogen (secondary N) is 1. The van der Waals surface area contributed by atoms with Crippen LogP contribution in [0.25, 0.3) is 17.4 Å². The van der Waals surface area contributed by atoms with E-state index in [-0.39, 0.29) is 16.8 Å². The molecule has 0 spiro atoms. The molecular weight excluding hydrogens is 423 g/mol. The lowest BCUT2D eigenvalue weighted by molar-refractivity contribution is -0.126. The van der Waals surface area contributed by atoms with Crippen LogP contribution in [0.5, 0.6) is 0 Å². The van der Waals surface area contributed by atoms with E-state index in [4.69, 9.17) is 16.6 Å². The van der Waals surface area contributed by atoms with E-state index in [1.54, 1.807) is 12.1 Å². The van der Waals surface area contributed by atoms with Gasteiger partial charge in [-0.1, -0.05) is 54.3 Å². The summed E-state index contributed by atoms with van der Waals surface area (Å²) in [5, 5.41) is 2.62. The predicted octanol–water partition coefficient (Wildman–Crippen LogP) is 4.93. The van der Waals surface area contributed by atoms with E-state index in [2.05, 4.69) is 5.32 Å². The fourth-order valence-corrected chi connectivity index (χ4v) is 4.07. The molecule has 0 atom stereocenters. The number of carbonyl (C=O) groups excluding carboxylic acids is 2. The maximum Gasteiger partial charge on any atom is 0.266 e. The van der Waals surface area contributed by atoms with Gasteiger partial charge in [-0.3, -0.25) is 14.5 Å². The topological polar surface area (TPSA) is 62.6 Å². The summed E-state index contributed by atoms with van der Waals surface area (Å²) in [5.41, 5.74) is 1.37. The van der Waals surface area contributed by atoms with Gasteiger partial charge in [-0.15, -0.1) is 0 Å². The third-order valence-electron chi connectivity index (χ3n) is 4.26. The zero-order valence-electron chi connectivity index (χ0n) is 15.5. The minimum Gasteiger partial charge on any atom is -0.457 e. The van der Waals surface area contributed by atoms with Crippen molar-refractivity contribution in [1.82, 2.24) is 4.90 Å². The number of carbonyl (C=O) groups is 2. The summed E-state index contributed by atoms with van der Waals surface area (Å²) in [6.07, 6.45) is 1.61. The second-order valence-corrected chi connectivity index (χ2v) is 8.07. The average molecular weight is 439 g/mol. The Hall–Kier alpha value is -3.23. The fourth-order valence-electron chi connectivity index (χ4n) is 2.83. The molecule has 1 aliphatic heterocycles. The van der Waals surface area contributed by atoms with Crippen molar-refractivity contribution in [1.29, 1.82) is 0 Å². The van der Waals surface area contributed by atoms with Gasteiger partial charge in [-0.05, 0) is 36.4 Å². The molecule has 30 heavy (non-hydrogen) atoms. The Morgan fingerprint density at radius 3 is 2.57 bits per heavy atom. The van der Waals surface area contributed by atoms with Gasteiger partial charge in [0, 0.05) is 17.3 Å². The number of nitrogens with zero attached hydrogens (tertiary/aromatic N) is 1. The zero-order chi connectivity index (χ0) is 21.1. The van der Waals surface area contributed by atoms with Crippen LogP contribution in [0.1, 0.15) is 5.76 Å². The van der Waals surface area contributed by atoms with Gasteiger partial charge < -0.3 is 9.73 Å². The highest BCUT2D eigenvalue weighted by atomic mass is 32.2. The largest absolute Gasteiger partial charge is 0.457 e. The summed E-state index contributed by atoms with van der Waals surface area (Å²) in [6, 6.07) is 18.6. The first-order valence-electron chi connectivity index (χ1n) is 8.95. The van der Waals surface area contributed by atoms with E-state index in [0.717, 1.165) is 17.3 Å². The highest BCUT2D eigenvalue weighted by Gasteiger charge is 2.33. The number of thiocarbonyl (C=S) groups is 1. The van der Waals surface area contributed by atoms with Gasteiger partial charge in [0.2, 0.25) is 5.91 Å². The van der Waals surface area contributed by atoms with Crippen LogP contribution >= 0.6 is 24.0 Å². The maximum absolute atomic E-state index is 13.0. The number of rotatable bonds is 5.